The Morgan fingerprint density at radius 3 is 2.92 bits per heavy atom. The predicted octanol–water partition coefficient (Wildman–Crippen LogP) is 2.24. The number of aryl methyl sites for hydroxylation is 1. The number of rotatable bonds is 5. The summed E-state index contributed by atoms with van der Waals surface area (Å²) < 4.78 is 6.03. The monoisotopic (exact) mass is 326 g/mol. The first-order valence-electron chi connectivity index (χ1n) is 8.18. The Labute approximate surface area is 141 Å². The van der Waals surface area contributed by atoms with Crippen molar-refractivity contribution in [2.75, 3.05) is 19.6 Å². The number of piperidine rings is 1. The van der Waals surface area contributed by atoms with E-state index in [1.165, 1.54) is 0 Å². The van der Waals surface area contributed by atoms with Crippen molar-refractivity contribution < 1.29 is 9.53 Å². The molecule has 6 nitrogen and oxygen atoms in total. The molecule has 1 aromatic carbocycles. The van der Waals surface area contributed by atoms with Gasteiger partial charge in [0.25, 0.3) is 0 Å². The molecule has 2 heterocycles. The summed E-state index contributed by atoms with van der Waals surface area (Å²) in [6.45, 7) is 3.91. The zero-order valence-corrected chi connectivity index (χ0v) is 13.8. The van der Waals surface area contributed by atoms with E-state index >= 15 is 0 Å². The lowest BCUT2D eigenvalue weighted by Gasteiger charge is -2.31. The van der Waals surface area contributed by atoms with Crippen molar-refractivity contribution in [2.45, 2.75) is 25.7 Å². The molecule has 1 fully saturated rings. The molecule has 0 radical (unpaired) electrons. The molecule has 1 atom stereocenters. The molecular formula is C18H22N4O2. The van der Waals surface area contributed by atoms with Gasteiger partial charge in [-0.3, -0.25) is 14.7 Å². The number of likely N-dealkylation sites (tertiary alicyclic amines) is 1. The molecule has 0 unspecified atom stereocenters. The van der Waals surface area contributed by atoms with Crippen LogP contribution < -0.4 is 10.5 Å². The molecule has 3 rings (SSSR count). The van der Waals surface area contributed by atoms with Gasteiger partial charge in [0.2, 0.25) is 11.8 Å². The minimum atomic E-state index is -0.300. The van der Waals surface area contributed by atoms with Gasteiger partial charge in [-0.2, -0.15) is 0 Å². The number of benzene rings is 1. The maximum Gasteiger partial charge on any atom is 0.241 e. The number of hydrogen-bond acceptors (Lipinski definition) is 5. The molecule has 1 aromatic heterocycles. The Hall–Kier alpha value is -2.47. The fourth-order valence-corrected chi connectivity index (χ4v) is 3.11. The number of ether oxygens (including phenoxy) is 1. The molecule has 0 bridgehead atoms. The lowest BCUT2D eigenvalue weighted by molar-refractivity contribution is -0.119. The highest BCUT2D eigenvalue weighted by molar-refractivity contribution is 5.75. The summed E-state index contributed by atoms with van der Waals surface area (Å²) in [4.78, 5) is 22.1. The smallest absolute Gasteiger partial charge is 0.241 e. The summed E-state index contributed by atoms with van der Waals surface area (Å²) in [5.74, 6) is 1.21. The molecule has 2 N–H and O–H groups in total. The van der Waals surface area contributed by atoms with Crippen LogP contribution in [0.25, 0.3) is 0 Å². The van der Waals surface area contributed by atoms with Gasteiger partial charge in [0.05, 0.1) is 6.54 Å². The highest BCUT2D eigenvalue weighted by Gasteiger charge is 2.26. The lowest BCUT2D eigenvalue weighted by atomic mass is 9.94. The quantitative estimate of drug-likeness (QED) is 0.911. The molecule has 6 heteroatoms. The molecule has 2 aromatic rings. The molecule has 1 saturated heterocycles. The van der Waals surface area contributed by atoms with Crippen LogP contribution >= 0.6 is 0 Å². The summed E-state index contributed by atoms with van der Waals surface area (Å²) in [7, 11) is 0. The third-order valence-electron chi connectivity index (χ3n) is 4.26. The number of carbonyl (C=O) groups is 1. The van der Waals surface area contributed by atoms with Crippen LogP contribution in [0, 0.1) is 6.92 Å². The average Bonchev–Trinajstić information content (AvgIpc) is 2.57. The van der Waals surface area contributed by atoms with Crippen molar-refractivity contribution in [3.63, 3.8) is 0 Å². The standard InChI is InChI=1S/C18H22N4O2/c1-13-5-2-3-7-15(13)24-18-17(20-8-9-21-18)14-6-4-10-22(11-14)12-16(19)23/h2-3,5,7-9,14H,4,6,10-12H2,1H3,(H2,19,23)/t14-/m0/s1. The highest BCUT2D eigenvalue weighted by atomic mass is 16.5. The third-order valence-corrected chi connectivity index (χ3v) is 4.26. The maximum absolute atomic E-state index is 11.2. The summed E-state index contributed by atoms with van der Waals surface area (Å²) >= 11 is 0. The molecular weight excluding hydrogens is 304 g/mol. The van der Waals surface area contributed by atoms with Gasteiger partial charge >= 0.3 is 0 Å². The normalized spacial score (nSPS) is 18.3. The SMILES string of the molecule is Cc1ccccc1Oc1nccnc1[C@H]1CCCN(CC(N)=O)C1. The van der Waals surface area contributed by atoms with E-state index in [0.717, 1.165) is 42.9 Å². The lowest BCUT2D eigenvalue weighted by Crippen LogP contribution is -2.40. The van der Waals surface area contributed by atoms with Crippen molar-refractivity contribution in [3.8, 4) is 11.6 Å². The second-order valence-corrected chi connectivity index (χ2v) is 6.15. The second kappa shape index (κ2) is 7.40. The van der Waals surface area contributed by atoms with Gasteiger partial charge < -0.3 is 10.5 Å². The van der Waals surface area contributed by atoms with Crippen molar-refractivity contribution in [3.05, 3.63) is 47.9 Å². The van der Waals surface area contributed by atoms with Gasteiger partial charge in [-0.05, 0) is 37.9 Å². The van der Waals surface area contributed by atoms with Crippen LogP contribution in [0.3, 0.4) is 0 Å². The Kier molecular flexibility index (Phi) is 5.05. The largest absolute Gasteiger partial charge is 0.437 e. The fraction of sp³-hybridized carbons (Fsp3) is 0.389. The van der Waals surface area contributed by atoms with E-state index in [1.807, 2.05) is 31.2 Å². The van der Waals surface area contributed by atoms with Crippen LogP contribution in [0.2, 0.25) is 0 Å². The van der Waals surface area contributed by atoms with Gasteiger partial charge in [0, 0.05) is 24.9 Å². The molecule has 1 amide bonds. The van der Waals surface area contributed by atoms with Crippen molar-refractivity contribution in [1.82, 2.24) is 14.9 Å². The molecule has 1 aliphatic rings. The van der Waals surface area contributed by atoms with Crippen LogP contribution in [-0.4, -0.2) is 40.4 Å². The van der Waals surface area contributed by atoms with E-state index in [4.69, 9.17) is 10.5 Å². The minimum absolute atomic E-state index is 0.186. The van der Waals surface area contributed by atoms with E-state index in [2.05, 4.69) is 14.9 Å². The highest BCUT2D eigenvalue weighted by Crippen LogP contribution is 2.33. The molecule has 24 heavy (non-hydrogen) atoms. The summed E-state index contributed by atoms with van der Waals surface area (Å²) in [6, 6.07) is 7.84. The number of amides is 1. The van der Waals surface area contributed by atoms with E-state index in [9.17, 15) is 4.79 Å². The Balaban J connectivity index is 1.81. The number of nitrogens with zero attached hydrogens (tertiary/aromatic N) is 3. The molecule has 0 aliphatic carbocycles. The minimum Gasteiger partial charge on any atom is -0.437 e. The van der Waals surface area contributed by atoms with Gasteiger partial charge in [0.1, 0.15) is 11.4 Å². The number of para-hydroxylation sites is 1. The van der Waals surface area contributed by atoms with Gasteiger partial charge in [-0.15, -0.1) is 0 Å². The summed E-state index contributed by atoms with van der Waals surface area (Å²) in [5, 5.41) is 0. The summed E-state index contributed by atoms with van der Waals surface area (Å²) in [6.07, 6.45) is 5.32. The fourth-order valence-electron chi connectivity index (χ4n) is 3.11. The number of hydrogen-bond donors (Lipinski definition) is 1. The predicted molar refractivity (Wildman–Crippen MR) is 90.9 cm³/mol. The van der Waals surface area contributed by atoms with Crippen LogP contribution in [-0.2, 0) is 4.79 Å². The molecule has 126 valence electrons. The molecule has 0 spiro atoms. The zero-order chi connectivity index (χ0) is 16.9. The number of aromatic nitrogens is 2. The van der Waals surface area contributed by atoms with Crippen LogP contribution in [0.4, 0.5) is 0 Å². The van der Waals surface area contributed by atoms with Gasteiger partial charge in [-0.1, -0.05) is 18.2 Å². The van der Waals surface area contributed by atoms with Crippen LogP contribution in [0.5, 0.6) is 11.6 Å². The number of carbonyl (C=O) groups excluding carboxylic acids is 1. The topological polar surface area (TPSA) is 81.3 Å². The molecule has 0 saturated carbocycles. The van der Waals surface area contributed by atoms with Crippen molar-refractivity contribution in [2.24, 2.45) is 5.73 Å². The van der Waals surface area contributed by atoms with Crippen molar-refractivity contribution in [1.29, 1.82) is 0 Å². The Bertz CT molecular complexity index is 720. The summed E-state index contributed by atoms with van der Waals surface area (Å²) in [5.41, 5.74) is 7.21. The van der Waals surface area contributed by atoms with Crippen molar-refractivity contribution >= 4 is 5.91 Å². The number of primary amides is 1. The average molecular weight is 326 g/mol. The first-order chi connectivity index (χ1) is 11.6. The zero-order valence-electron chi connectivity index (χ0n) is 13.8. The maximum atomic E-state index is 11.2. The third kappa shape index (κ3) is 3.89. The van der Waals surface area contributed by atoms with Gasteiger partial charge in [-0.25, -0.2) is 4.98 Å². The van der Waals surface area contributed by atoms with E-state index in [0.29, 0.717) is 5.88 Å². The van der Waals surface area contributed by atoms with E-state index in [1.54, 1.807) is 12.4 Å². The Morgan fingerprint density at radius 2 is 2.12 bits per heavy atom. The first-order valence-corrected chi connectivity index (χ1v) is 8.18. The van der Waals surface area contributed by atoms with E-state index < -0.39 is 0 Å². The first kappa shape index (κ1) is 16.4. The Morgan fingerprint density at radius 1 is 1.33 bits per heavy atom. The number of nitrogens with two attached hydrogens (primary N) is 1. The molecule has 1 aliphatic heterocycles. The van der Waals surface area contributed by atoms with Crippen LogP contribution in [0.15, 0.2) is 36.7 Å². The van der Waals surface area contributed by atoms with Gasteiger partial charge in [0.15, 0.2) is 0 Å². The van der Waals surface area contributed by atoms with Crippen LogP contribution in [0.1, 0.15) is 30.0 Å². The second-order valence-electron chi connectivity index (χ2n) is 6.15. The van der Waals surface area contributed by atoms with E-state index in [-0.39, 0.29) is 18.4 Å².